The molecule has 0 atom stereocenters. The minimum absolute atomic E-state index is 0.133. The molecule has 0 spiro atoms. The first kappa shape index (κ1) is 26.1. The maximum atomic E-state index is 12.0. The highest BCUT2D eigenvalue weighted by atomic mass is 16.6. The van der Waals surface area contributed by atoms with Gasteiger partial charge in [0, 0.05) is 0 Å². The first-order chi connectivity index (χ1) is 16.2. The fraction of sp³-hybridized carbons (Fsp3) is 0.417. The summed E-state index contributed by atoms with van der Waals surface area (Å²) in [4.78, 5) is 24.0. The Morgan fingerprint density at radius 3 is 1.24 bits per heavy atom. The molecule has 0 aliphatic carbocycles. The lowest BCUT2D eigenvalue weighted by atomic mass is 10.2. The molecule has 0 bridgehead atoms. The molecule has 2 rings (SSSR count). The molecule has 180 valence electrons. The molecule has 0 saturated heterocycles. The third-order valence-electron chi connectivity index (χ3n) is 4.32. The topological polar surface area (TPSA) is 98.8 Å². The van der Waals surface area contributed by atoms with Gasteiger partial charge < -0.3 is 33.2 Å². The summed E-state index contributed by atoms with van der Waals surface area (Å²) in [6, 6.07) is 13.7. The van der Waals surface area contributed by atoms with Crippen molar-refractivity contribution in [3.05, 3.63) is 59.7 Å². The van der Waals surface area contributed by atoms with E-state index in [9.17, 15) is 9.59 Å². The Morgan fingerprint density at radius 2 is 0.879 bits per heavy atom. The van der Waals surface area contributed by atoms with Gasteiger partial charge in [-0.3, -0.25) is 0 Å². The zero-order valence-electron chi connectivity index (χ0n) is 18.9. The van der Waals surface area contributed by atoms with Gasteiger partial charge in [0.05, 0.1) is 53.9 Å². The Hall–Kier alpha value is -3.14. The molecule has 0 aliphatic heterocycles. The van der Waals surface area contributed by atoms with E-state index >= 15 is 0 Å². The Morgan fingerprint density at radius 1 is 0.545 bits per heavy atom. The second-order valence-corrected chi connectivity index (χ2v) is 6.51. The average molecular weight is 462 g/mol. The SMILES string of the molecule is COc1ccccc1C(=O)OCCOCCOCCOCCOC(=O)c1ccccc1OC. The van der Waals surface area contributed by atoms with Gasteiger partial charge in [-0.2, -0.15) is 0 Å². The molecule has 9 nitrogen and oxygen atoms in total. The van der Waals surface area contributed by atoms with Gasteiger partial charge in [0.15, 0.2) is 0 Å². The number of rotatable bonds is 16. The number of methoxy groups -OCH3 is 2. The van der Waals surface area contributed by atoms with E-state index in [4.69, 9.17) is 33.2 Å². The molecule has 0 aliphatic rings. The van der Waals surface area contributed by atoms with Crippen molar-refractivity contribution in [2.45, 2.75) is 0 Å². The van der Waals surface area contributed by atoms with Gasteiger partial charge in [-0.15, -0.1) is 0 Å². The van der Waals surface area contributed by atoms with Crippen LogP contribution in [0.3, 0.4) is 0 Å². The second-order valence-electron chi connectivity index (χ2n) is 6.51. The number of para-hydroxylation sites is 2. The first-order valence-corrected chi connectivity index (χ1v) is 10.5. The lowest BCUT2D eigenvalue weighted by molar-refractivity contribution is -0.00682. The normalized spacial score (nSPS) is 10.5. The molecule has 0 aromatic heterocycles. The van der Waals surface area contributed by atoms with E-state index in [1.165, 1.54) is 14.2 Å². The van der Waals surface area contributed by atoms with E-state index in [0.29, 0.717) is 49.1 Å². The van der Waals surface area contributed by atoms with Gasteiger partial charge in [0.2, 0.25) is 0 Å². The second kappa shape index (κ2) is 15.6. The predicted molar refractivity (Wildman–Crippen MR) is 119 cm³/mol. The highest BCUT2D eigenvalue weighted by Crippen LogP contribution is 2.18. The quantitative estimate of drug-likeness (QED) is 0.275. The van der Waals surface area contributed by atoms with Crippen molar-refractivity contribution >= 4 is 11.9 Å². The summed E-state index contributed by atoms with van der Waals surface area (Å²) >= 11 is 0. The number of ether oxygens (including phenoxy) is 7. The molecule has 2 aromatic rings. The molecule has 0 fully saturated rings. The number of carbonyl (C=O) groups excluding carboxylic acids is 2. The zero-order valence-corrected chi connectivity index (χ0v) is 18.9. The lowest BCUT2D eigenvalue weighted by Gasteiger charge is -2.10. The maximum absolute atomic E-state index is 12.0. The highest BCUT2D eigenvalue weighted by Gasteiger charge is 2.13. The number of benzene rings is 2. The molecular weight excluding hydrogens is 432 g/mol. The Balaban J connectivity index is 1.41. The summed E-state index contributed by atoms with van der Waals surface area (Å²) in [6.07, 6.45) is 0. The zero-order chi connectivity index (χ0) is 23.7. The van der Waals surface area contributed by atoms with Gasteiger partial charge in [0.25, 0.3) is 0 Å². The van der Waals surface area contributed by atoms with Crippen LogP contribution in [0.4, 0.5) is 0 Å². The average Bonchev–Trinajstić information content (AvgIpc) is 2.86. The summed E-state index contributed by atoms with van der Waals surface area (Å²) < 4.78 is 36.7. The van der Waals surface area contributed by atoms with Crippen molar-refractivity contribution in [1.29, 1.82) is 0 Å². The highest BCUT2D eigenvalue weighted by molar-refractivity contribution is 5.93. The molecule has 2 aromatic carbocycles. The van der Waals surface area contributed by atoms with E-state index in [1.807, 2.05) is 0 Å². The van der Waals surface area contributed by atoms with E-state index in [1.54, 1.807) is 48.5 Å². The summed E-state index contributed by atoms with van der Waals surface area (Å²) in [6.45, 7) is 2.28. The third kappa shape index (κ3) is 9.48. The minimum atomic E-state index is -0.460. The molecule has 0 amide bonds. The summed E-state index contributed by atoms with van der Waals surface area (Å²) in [5.74, 6) is 0.0123. The van der Waals surface area contributed by atoms with Gasteiger partial charge in [-0.1, -0.05) is 24.3 Å². The van der Waals surface area contributed by atoms with E-state index < -0.39 is 11.9 Å². The number of carbonyl (C=O) groups is 2. The van der Waals surface area contributed by atoms with Crippen LogP contribution in [0.5, 0.6) is 11.5 Å². The van der Waals surface area contributed by atoms with Crippen molar-refractivity contribution in [2.24, 2.45) is 0 Å². The first-order valence-electron chi connectivity index (χ1n) is 10.5. The molecule has 0 radical (unpaired) electrons. The molecule has 0 N–H and O–H groups in total. The van der Waals surface area contributed by atoms with Crippen LogP contribution in [0.1, 0.15) is 20.7 Å². The van der Waals surface area contributed by atoms with E-state index in [-0.39, 0.29) is 26.4 Å². The minimum Gasteiger partial charge on any atom is -0.496 e. The van der Waals surface area contributed by atoms with Crippen LogP contribution in [0.15, 0.2) is 48.5 Å². The number of esters is 2. The van der Waals surface area contributed by atoms with Gasteiger partial charge in [-0.25, -0.2) is 9.59 Å². The van der Waals surface area contributed by atoms with Crippen LogP contribution in [-0.4, -0.2) is 79.0 Å². The Labute approximate surface area is 193 Å². The van der Waals surface area contributed by atoms with Crippen LogP contribution in [-0.2, 0) is 23.7 Å². The lowest BCUT2D eigenvalue weighted by Crippen LogP contribution is -2.15. The van der Waals surface area contributed by atoms with Gasteiger partial charge in [-0.05, 0) is 24.3 Å². The maximum Gasteiger partial charge on any atom is 0.342 e. The van der Waals surface area contributed by atoms with Crippen molar-refractivity contribution in [3.63, 3.8) is 0 Å². The van der Waals surface area contributed by atoms with Crippen LogP contribution >= 0.6 is 0 Å². The van der Waals surface area contributed by atoms with Crippen molar-refractivity contribution in [2.75, 3.05) is 67.1 Å². The fourth-order valence-electron chi connectivity index (χ4n) is 2.71. The van der Waals surface area contributed by atoms with Gasteiger partial charge in [0.1, 0.15) is 35.8 Å². The Bertz CT molecular complexity index is 784. The number of hydrogen-bond donors (Lipinski definition) is 0. The summed E-state index contributed by atoms with van der Waals surface area (Å²) in [7, 11) is 3.00. The molecule has 0 heterocycles. The summed E-state index contributed by atoms with van der Waals surface area (Å²) in [5, 5.41) is 0. The summed E-state index contributed by atoms with van der Waals surface area (Å²) in [5.41, 5.74) is 0.746. The van der Waals surface area contributed by atoms with Crippen LogP contribution in [0.2, 0.25) is 0 Å². The van der Waals surface area contributed by atoms with Crippen LogP contribution in [0.25, 0.3) is 0 Å². The smallest absolute Gasteiger partial charge is 0.342 e. The number of hydrogen-bond acceptors (Lipinski definition) is 9. The van der Waals surface area contributed by atoms with Crippen LogP contribution < -0.4 is 9.47 Å². The van der Waals surface area contributed by atoms with Crippen LogP contribution in [0, 0.1) is 0 Å². The van der Waals surface area contributed by atoms with Gasteiger partial charge >= 0.3 is 11.9 Å². The molecule has 33 heavy (non-hydrogen) atoms. The largest absolute Gasteiger partial charge is 0.496 e. The molecule has 0 saturated carbocycles. The third-order valence-corrected chi connectivity index (χ3v) is 4.32. The van der Waals surface area contributed by atoms with Crippen molar-refractivity contribution in [3.8, 4) is 11.5 Å². The van der Waals surface area contributed by atoms with Crippen molar-refractivity contribution < 1.29 is 42.7 Å². The Kier molecular flexibility index (Phi) is 12.4. The molecule has 9 heteroatoms. The van der Waals surface area contributed by atoms with E-state index in [2.05, 4.69) is 0 Å². The molecular formula is C24H30O9. The van der Waals surface area contributed by atoms with Crippen molar-refractivity contribution in [1.82, 2.24) is 0 Å². The fourth-order valence-corrected chi connectivity index (χ4v) is 2.71. The molecule has 0 unspecified atom stereocenters. The van der Waals surface area contributed by atoms with E-state index in [0.717, 1.165) is 0 Å². The monoisotopic (exact) mass is 462 g/mol. The standard InChI is InChI=1S/C24H30O9/c1-27-21-9-5-3-7-19(21)23(25)32-17-15-30-13-11-29-12-14-31-16-18-33-24(26)20-8-4-6-10-22(20)28-2/h3-10H,11-18H2,1-2H3. The predicted octanol–water partition coefficient (Wildman–Crippen LogP) is 2.77.